The van der Waals surface area contributed by atoms with Gasteiger partial charge in [0.05, 0.1) is 23.1 Å². The zero-order valence-electron chi connectivity index (χ0n) is 25.1. The van der Waals surface area contributed by atoms with Crippen LogP contribution in [-0.4, -0.2) is 31.3 Å². The summed E-state index contributed by atoms with van der Waals surface area (Å²) < 4.78 is 4.34. The lowest BCUT2D eigenvalue weighted by Crippen LogP contribution is -2.08. The highest BCUT2D eigenvalue weighted by atomic mass is 16.2. The van der Waals surface area contributed by atoms with Crippen LogP contribution in [0.25, 0.3) is 39.3 Å². The van der Waals surface area contributed by atoms with Crippen LogP contribution in [0.1, 0.15) is 48.2 Å². The number of aryl methyl sites for hydroxylation is 3. The second kappa shape index (κ2) is 12.6. The molecule has 0 aliphatic rings. The Kier molecular flexibility index (Phi) is 8.34. The molecule has 2 heterocycles. The fourth-order valence-corrected chi connectivity index (χ4v) is 5.64. The zero-order valence-corrected chi connectivity index (χ0v) is 25.1. The van der Waals surface area contributed by atoms with Gasteiger partial charge in [0.15, 0.2) is 0 Å². The van der Waals surface area contributed by atoms with Gasteiger partial charge in [-0.05, 0) is 80.5 Å². The Balaban J connectivity index is 1.46. The Hall–Kier alpha value is -4.74. The lowest BCUT2D eigenvalue weighted by atomic mass is 10.00. The van der Waals surface area contributed by atoms with Gasteiger partial charge in [-0.2, -0.15) is 0 Å². The van der Waals surface area contributed by atoms with Gasteiger partial charge in [0, 0.05) is 24.1 Å². The van der Waals surface area contributed by atoms with E-state index in [1.807, 2.05) is 10.9 Å². The number of hydrogen-bond donors (Lipinski definition) is 1. The number of rotatable bonds is 10. The predicted molar refractivity (Wildman–Crippen MR) is 175 cm³/mol. The number of hydrogen-bond acceptors (Lipinski definition) is 3. The van der Waals surface area contributed by atoms with Crippen LogP contribution < -0.4 is 0 Å². The molecule has 5 heteroatoms. The largest absolute Gasteiger partial charge is 0.396 e. The third-order valence-corrected chi connectivity index (χ3v) is 8.19. The highest BCUT2D eigenvalue weighted by molar-refractivity contribution is 5.88. The number of benzene rings is 4. The summed E-state index contributed by atoms with van der Waals surface area (Å²) in [6.07, 6.45) is 4.54. The quantitative estimate of drug-likeness (QED) is 0.169. The molecule has 43 heavy (non-hydrogen) atoms. The molecule has 0 saturated heterocycles. The SMILES string of the molecule is Cc1ccc(-c2cc(-c3ccccc3)c(-c3ccc(C)cc3)n2-c2ccc(C(C)n3cc(CCCCO)nn3)cc2)cc1. The molecule has 1 atom stereocenters. The molecule has 0 bridgehead atoms. The monoisotopic (exact) mass is 566 g/mol. The summed E-state index contributed by atoms with van der Waals surface area (Å²) in [6.45, 7) is 6.62. The lowest BCUT2D eigenvalue weighted by molar-refractivity contribution is 0.284. The van der Waals surface area contributed by atoms with Crippen molar-refractivity contribution in [2.45, 2.75) is 46.1 Å². The average molecular weight is 567 g/mol. The van der Waals surface area contributed by atoms with E-state index in [-0.39, 0.29) is 12.6 Å². The van der Waals surface area contributed by atoms with Crippen molar-refractivity contribution in [1.29, 1.82) is 0 Å². The van der Waals surface area contributed by atoms with E-state index in [1.165, 1.54) is 44.6 Å². The number of nitrogens with zero attached hydrogens (tertiary/aromatic N) is 4. The van der Waals surface area contributed by atoms with Crippen LogP contribution in [0, 0.1) is 13.8 Å². The van der Waals surface area contributed by atoms with Gasteiger partial charge in [-0.1, -0.05) is 107 Å². The maximum Gasteiger partial charge on any atom is 0.0827 e. The van der Waals surface area contributed by atoms with Gasteiger partial charge in [0.2, 0.25) is 0 Å². The van der Waals surface area contributed by atoms with E-state index < -0.39 is 0 Å². The van der Waals surface area contributed by atoms with E-state index >= 15 is 0 Å². The summed E-state index contributed by atoms with van der Waals surface area (Å²) in [6, 6.07) is 39.5. The third-order valence-electron chi connectivity index (χ3n) is 8.19. The molecule has 5 nitrogen and oxygen atoms in total. The number of aliphatic hydroxyl groups is 1. The maximum absolute atomic E-state index is 9.09. The van der Waals surface area contributed by atoms with E-state index in [4.69, 9.17) is 5.11 Å². The van der Waals surface area contributed by atoms with Crippen molar-refractivity contribution >= 4 is 0 Å². The molecule has 0 fully saturated rings. The summed E-state index contributed by atoms with van der Waals surface area (Å²) in [5.41, 5.74) is 12.8. The first kappa shape index (κ1) is 28.4. The minimum Gasteiger partial charge on any atom is -0.396 e. The van der Waals surface area contributed by atoms with Gasteiger partial charge in [-0.3, -0.25) is 0 Å². The highest BCUT2D eigenvalue weighted by Gasteiger charge is 2.21. The Labute approximate surface area is 254 Å². The van der Waals surface area contributed by atoms with Crippen molar-refractivity contribution in [2.75, 3.05) is 6.61 Å². The van der Waals surface area contributed by atoms with Crippen LogP contribution in [0.15, 0.2) is 115 Å². The summed E-state index contributed by atoms with van der Waals surface area (Å²) in [4.78, 5) is 0. The molecule has 0 radical (unpaired) electrons. The minimum atomic E-state index is 0.0471. The van der Waals surface area contributed by atoms with Crippen LogP contribution in [-0.2, 0) is 6.42 Å². The van der Waals surface area contributed by atoms with Gasteiger partial charge >= 0.3 is 0 Å². The molecule has 2 aromatic heterocycles. The van der Waals surface area contributed by atoms with Crippen molar-refractivity contribution in [3.05, 3.63) is 138 Å². The normalized spacial score (nSPS) is 12.0. The van der Waals surface area contributed by atoms with Crippen molar-refractivity contribution in [3.8, 4) is 39.3 Å². The van der Waals surface area contributed by atoms with E-state index in [9.17, 15) is 0 Å². The molecule has 6 rings (SSSR count). The maximum atomic E-state index is 9.09. The van der Waals surface area contributed by atoms with Crippen LogP contribution in [0.2, 0.25) is 0 Å². The van der Waals surface area contributed by atoms with Gasteiger partial charge in [-0.15, -0.1) is 5.10 Å². The second-order valence-electron chi connectivity index (χ2n) is 11.4. The molecule has 216 valence electrons. The van der Waals surface area contributed by atoms with E-state index in [0.29, 0.717) is 0 Å². The Morgan fingerprint density at radius 2 is 1.37 bits per heavy atom. The molecule has 1 unspecified atom stereocenters. The number of aliphatic hydroxyl groups excluding tert-OH is 1. The van der Waals surface area contributed by atoms with Crippen molar-refractivity contribution in [1.82, 2.24) is 19.6 Å². The molecular weight excluding hydrogens is 528 g/mol. The van der Waals surface area contributed by atoms with Crippen molar-refractivity contribution < 1.29 is 5.11 Å². The number of aromatic nitrogens is 4. The standard InChI is InChI=1S/C38H38N4O/c1-27-12-16-32(17-13-27)37-25-36(31-9-5-4-6-10-31)38(33-18-14-28(2)15-19-33)42(37)35-22-20-30(21-23-35)29(3)41-26-34(39-40-41)11-7-8-24-43/h4-6,9-10,12-23,25-26,29,43H,7-8,11,24H2,1-3H3. The van der Waals surface area contributed by atoms with Gasteiger partial charge in [-0.25, -0.2) is 4.68 Å². The lowest BCUT2D eigenvalue weighted by Gasteiger charge is -2.18. The highest BCUT2D eigenvalue weighted by Crippen LogP contribution is 2.41. The molecule has 6 aromatic rings. The van der Waals surface area contributed by atoms with Crippen LogP contribution in [0.5, 0.6) is 0 Å². The molecule has 1 N–H and O–H groups in total. The third kappa shape index (κ3) is 6.08. The number of unbranched alkanes of at least 4 members (excludes halogenated alkanes) is 1. The van der Waals surface area contributed by atoms with E-state index in [2.05, 4.69) is 145 Å². The van der Waals surface area contributed by atoms with Crippen LogP contribution in [0.4, 0.5) is 0 Å². The Morgan fingerprint density at radius 1 is 0.721 bits per heavy atom. The fourth-order valence-electron chi connectivity index (χ4n) is 5.64. The fraction of sp³-hybridized carbons (Fsp3) is 0.211. The first-order valence-corrected chi connectivity index (χ1v) is 15.1. The topological polar surface area (TPSA) is 55.9 Å². The van der Waals surface area contributed by atoms with E-state index in [1.54, 1.807) is 0 Å². The van der Waals surface area contributed by atoms with Crippen LogP contribution in [0.3, 0.4) is 0 Å². The van der Waals surface area contributed by atoms with Gasteiger partial charge in [0.1, 0.15) is 0 Å². The smallest absolute Gasteiger partial charge is 0.0827 e. The van der Waals surface area contributed by atoms with Gasteiger partial charge in [0.25, 0.3) is 0 Å². The summed E-state index contributed by atoms with van der Waals surface area (Å²) in [5.74, 6) is 0. The molecule has 0 spiro atoms. The Bertz CT molecular complexity index is 1780. The molecule has 4 aromatic carbocycles. The summed E-state index contributed by atoms with van der Waals surface area (Å²) >= 11 is 0. The van der Waals surface area contributed by atoms with Crippen LogP contribution >= 0.6 is 0 Å². The summed E-state index contributed by atoms with van der Waals surface area (Å²) in [5, 5.41) is 17.9. The Morgan fingerprint density at radius 3 is 2.02 bits per heavy atom. The minimum absolute atomic E-state index is 0.0471. The van der Waals surface area contributed by atoms with Crippen molar-refractivity contribution in [3.63, 3.8) is 0 Å². The zero-order chi connectivity index (χ0) is 29.8. The predicted octanol–water partition coefficient (Wildman–Crippen LogP) is 8.61. The van der Waals surface area contributed by atoms with Crippen molar-refractivity contribution in [2.24, 2.45) is 0 Å². The molecule has 0 aliphatic carbocycles. The first-order chi connectivity index (χ1) is 21.0. The molecule has 0 saturated carbocycles. The van der Waals surface area contributed by atoms with E-state index in [0.717, 1.165) is 36.3 Å². The molecular formula is C38H38N4O. The molecule has 0 aliphatic heterocycles. The van der Waals surface area contributed by atoms with Gasteiger partial charge < -0.3 is 9.67 Å². The second-order valence-corrected chi connectivity index (χ2v) is 11.4. The average Bonchev–Trinajstić information content (AvgIpc) is 3.68. The first-order valence-electron chi connectivity index (χ1n) is 15.1. The molecule has 0 amide bonds. The summed E-state index contributed by atoms with van der Waals surface area (Å²) in [7, 11) is 0.